The Morgan fingerprint density at radius 1 is 0.465 bits per heavy atom. The first kappa shape index (κ1) is 47.3. The molecule has 1 aliphatic rings. The van der Waals surface area contributed by atoms with Crippen LogP contribution in [0, 0.1) is 4.37 Å². The van der Waals surface area contributed by atoms with Gasteiger partial charge in [0.25, 0.3) is 0 Å². The molecule has 0 unspecified atom stereocenters. The van der Waals surface area contributed by atoms with Crippen molar-refractivity contribution in [2.45, 2.75) is 33.1 Å². The predicted molar refractivity (Wildman–Crippen MR) is 303 cm³/mol. The van der Waals surface area contributed by atoms with Crippen LogP contribution in [0.5, 0.6) is 0 Å². The minimum absolute atomic E-state index is 1.07. The van der Waals surface area contributed by atoms with Crippen LogP contribution in [0.25, 0.3) is 62.6 Å². The Balaban J connectivity index is 1.20. The van der Waals surface area contributed by atoms with Gasteiger partial charge in [0.1, 0.15) is 0 Å². The summed E-state index contributed by atoms with van der Waals surface area (Å²) in [6, 6.07) is 84.5. The molecule has 1 nitrogen and oxygen atoms in total. The molecule has 0 bridgehead atoms. The van der Waals surface area contributed by atoms with Crippen LogP contribution in [-0.4, -0.2) is 4.57 Å². The van der Waals surface area contributed by atoms with E-state index in [0.717, 1.165) is 46.6 Å². The van der Waals surface area contributed by atoms with Crippen LogP contribution in [-0.2, 0) is 17.9 Å². The van der Waals surface area contributed by atoms with Crippen molar-refractivity contribution in [3.8, 4) is 54.8 Å². The molecule has 0 N–H and O–H groups in total. The van der Waals surface area contributed by atoms with Crippen molar-refractivity contribution in [1.82, 2.24) is 4.57 Å². The number of hydrogen-bond acceptors (Lipinski definition) is 0. The summed E-state index contributed by atoms with van der Waals surface area (Å²) >= 11 is 1.85. The molecule has 1 fully saturated rings. The molecular weight excluding hydrogens is 1050 g/mol. The Morgan fingerprint density at radius 2 is 0.873 bits per heavy atom. The van der Waals surface area contributed by atoms with Gasteiger partial charge in [0, 0.05) is 0 Å². The normalized spacial score (nSPS) is 14.3. The molecule has 8 aromatic carbocycles. The number of aromatic nitrogens is 1. The monoisotopic (exact) mass is 1110 g/mol. The van der Waals surface area contributed by atoms with Gasteiger partial charge in [-0.15, -0.1) is 0 Å². The zero-order chi connectivity index (χ0) is 48.4. The Bertz CT molecular complexity index is 3350. The molecule has 1 saturated carbocycles. The van der Waals surface area contributed by atoms with Crippen molar-refractivity contribution < 1.29 is 17.9 Å². The van der Waals surface area contributed by atoms with Gasteiger partial charge in [-0.25, -0.2) is 0 Å². The topological polar surface area (TPSA) is 4.93 Å². The molecule has 1 aromatic heterocycles. The first-order chi connectivity index (χ1) is 35.1. The number of benzene rings is 8. The van der Waals surface area contributed by atoms with Gasteiger partial charge >= 0.3 is 283 Å². The van der Waals surface area contributed by atoms with E-state index in [9.17, 15) is 0 Å². The Morgan fingerprint density at radius 3 is 1.30 bits per heavy atom. The summed E-state index contributed by atoms with van der Waals surface area (Å²) in [6.07, 6.45) is 17.1. The van der Waals surface area contributed by atoms with E-state index in [4.69, 9.17) is 0 Å². The molecule has 0 amide bonds. The van der Waals surface area contributed by atoms with Crippen molar-refractivity contribution in [2.24, 2.45) is 0 Å². The quantitative estimate of drug-likeness (QED) is 0.0801. The molecule has 3 heteroatoms. The van der Waals surface area contributed by atoms with Gasteiger partial charge in [0.05, 0.1) is 0 Å². The van der Waals surface area contributed by atoms with E-state index in [1.54, 1.807) is 0 Å². The Hall–Kier alpha value is -7.41. The maximum atomic E-state index is 3.94. The van der Waals surface area contributed by atoms with Crippen LogP contribution in [0.2, 0.25) is 0 Å². The third-order valence-corrected chi connectivity index (χ3v) is 19.0. The third kappa shape index (κ3) is 9.61. The van der Waals surface area contributed by atoms with Crippen LogP contribution < -0.4 is 15.9 Å². The molecule has 0 saturated heterocycles. The van der Waals surface area contributed by atoms with Crippen molar-refractivity contribution in [2.75, 3.05) is 0 Å². The predicted octanol–water partition coefficient (Wildman–Crippen LogP) is 17.0. The fourth-order valence-corrected chi connectivity index (χ4v) is 16.2. The Kier molecular flexibility index (Phi) is 14.7. The molecule has 9 aromatic rings. The second-order valence-electron chi connectivity index (χ2n) is 17.8. The molecule has 0 radical (unpaired) electrons. The standard InChI is InChI=1S/C68H56NP.Os/c1-4-25-52-40-45-57(46-41-52)67-65(55-26-12-6-13-27-55)66(56-28-14-7-15-29-56)68(69(67)61-32-16-8-17-33-61)58-47-42-53(43-48-58)44-49-59(50-60-31-24-30-54(60)5-2)51(3)70(62-34-18-9-19-35-62,63-36-20-10-21-37-63)64-38-22-11-23-39-64;/h4-23,25-29,32-50H,24,30-31H2,1-2H3;/q+1;/b25-4+,49-44+,54-5?,59-51?,60-50?;. The summed E-state index contributed by atoms with van der Waals surface area (Å²) in [5, 5.41) is 5.19. The van der Waals surface area contributed by atoms with Gasteiger partial charge in [-0.1, -0.05) is 115 Å². The van der Waals surface area contributed by atoms with E-state index < -0.39 is 7.26 Å². The average molecular weight is 1110 g/mol. The van der Waals surface area contributed by atoms with E-state index in [-0.39, 0.29) is 0 Å². The molecule has 1 heterocycles. The molecule has 10 rings (SSSR count). The minimum atomic E-state index is -2.45. The van der Waals surface area contributed by atoms with E-state index in [1.807, 2.05) is 17.9 Å². The zero-order valence-electron chi connectivity index (χ0n) is 40.3. The van der Waals surface area contributed by atoms with Crippen molar-refractivity contribution in [3.05, 3.63) is 288 Å². The molecule has 0 spiro atoms. The number of rotatable bonds is 13. The van der Waals surface area contributed by atoms with E-state index in [1.165, 1.54) is 72.2 Å². The molecule has 1 aliphatic carbocycles. The molecular formula is C68H56NOsP+. The summed E-state index contributed by atoms with van der Waals surface area (Å²) in [4.78, 5) is 0. The molecule has 0 aliphatic heterocycles. The van der Waals surface area contributed by atoms with Crippen molar-refractivity contribution in [1.29, 1.82) is 0 Å². The van der Waals surface area contributed by atoms with Crippen LogP contribution in [0.1, 0.15) is 44.2 Å². The van der Waals surface area contributed by atoms with Crippen LogP contribution in [0.4, 0.5) is 0 Å². The van der Waals surface area contributed by atoms with E-state index >= 15 is 0 Å². The summed E-state index contributed by atoms with van der Waals surface area (Å²) in [7, 11) is -2.45. The Labute approximate surface area is 431 Å². The van der Waals surface area contributed by atoms with E-state index in [2.05, 4.69) is 290 Å². The fourth-order valence-electron chi connectivity index (χ4n) is 10.4. The van der Waals surface area contributed by atoms with Gasteiger partial charge in [-0.05, 0) is 35.7 Å². The second-order valence-corrected chi connectivity index (χ2v) is 21.8. The second kappa shape index (κ2) is 22.1. The van der Waals surface area contributed by atoms with Gasteiger partial charge in [0.15, 0.2) is 0 Å². The van der Waals surface area contributed by atoms with Gasteiger partial charge in [-0.2, -0.15) is 0 Å². The van der Waals surface area contributed by atoms with Crippen molar-refractivity contribution >= 4 is 35.3 Å². The number of para-hydroxylation sites is 1. The third-order valence-electron chi connectivity index (χ3n) is 13.6. The fraction of sp³-hybridized carbons (Fsp3) is 0.0735. The first-order valence-corrected chi connectivity index (χ1v) is 27.7. The van der Waals surface area contributed by atoms with Crippen LogP contribution >= 0.6 is 7.26 Å². The number of hydrogen-bond donors (Lipinski definition) is 0. The summed E-state index contributed by atoms with van der Waals surface area (Å²) in [6.45, 7) is 4.26. The maximum absolute atomic E-state index is 3.94. The number of allylic oxidation sites excluding steroid dienone is 8. The first-order valence-electron chi connectivity index (χ1n) is 24.6. The van der Waals surface area contributed by atoms with Gasteiger partial charge in [-0.3, -0.25) is 0 Å². The molecule has 345 valence electrons. The SMILES string of the molecule is CC=C1CCCC1=CC(/C=C/c1ccc(-c2c(-c3ccccc3)c(-c3ccccc3)c(-c3ccc(/C=C/C)cc3)n2-c2ccccc2)cc1)=C([C]#[Os])[P+](c1ccccc1)(c1ccccc1)c1ccccc1. The zero-order valence-corrected chi connectivity index (χ0v) is 43.7. The average Bonchev–Trinajstić information content (AvgIpc) is 4.06. The van der Waals surface area contributed by atoms with Gasteiger partial charge in [0.2, 0.25) is 0 Å². The van der Waals surface area contributed by atoms with Crippen LogP contribution in [0.3, 0.4) is 0 Å². The van der Waals surface area contributed by atoms with Crippen molar-refractivity contribution in [3.63, 3.8) is 0 Å². The van der Waals surface area contributed by atoms with E-state index in [0.29, 0.717) is 0 Å². The summed E-state index contributed by atoms with van der Waals surface area (Å²) in [5.41, 5.74) is 16.8. The van der Waals surface area contributed by atoms with Gasteiger partial charge < -0.3 is 0 Å². The summed E-state index contributed by atoms with van der Waals surface area (Å²) < 4.78 is 6.43. The summed E-state index contributed by atoms with van der Waals surface area (Å²) in [5.74, 6) is 0. The molecule has 71 heavy (non-hydrogen) atoms. The number of nitrogens with zero attached hydrogens (tertiary/aromatic N) is 1. The molecule has 0 atom stereocenters. The van der Waals surface area contributed by atoms with Crippen LogP contribution in [0.15, 0.2) is 277 Å².